The molecule has 1 aromatic carbocycles. The van der Waals surface area contributed by atoms with Gasteiger partial charge in [-0.25, -0.2) is 0 Å². The molecule has 0 aliphatic heterocycles. The van der Waals surface area contributed by atoms with Crippen LogP contribution in [0.15, 0.2) is 53.1 Å². The van der Waals surface area contributed by atoms with Gasteiger partial charge in [-0.1, -0.05) is 44.2 Å². The molecule has 1 atom stereocenters. The average Bonchev–Trinajstić information content (AvgIpc) is 3.06. The summed E-state index contributed by atoms with van der Waals surface area (Å²) < 4.78 is 5.12. The van der Waals surface area contributed by atoms with E-state index in [-0.39, 0.29) is 11.9 Å². The molecule has 0 saturated carbocycles. The van der Waals surface area contributed by atoms with Gasteiger partial charge in [-0.3, -0.25) is 9.69 Å². The molecule has 1 N–H and O–H groups in total. The maximum Gasteiger partial charge on any atom is 0.287 e. The molecule has 4 heteroatoms. The first-order valence-electron chi connectivity index (χ1n) is 7.37. The molecule has 0 radical (unpaired) electrons. The van der Waals surface area contributed by atoms with E-state index < -0.39 is 0 Å². The fraction of sp³-hybridized carbons (Fsp3) is 0.353. The van der Waals surface area contributed by atoms with Gasteiger partial charge in [-0.15, -0.1) is 0 Å². The monoisotopic (exact) mass is 286 g/mol. The van der Waals surface area contributed by atoms with Crippen LogP contribution in [-0.2, 0) is 0 Å². The molecule has 21 heavy (non-hydrogen) atoms. The first kappa shape index (κ1) is 15.3. The zero-order valence-corrected chi connectivity index (χ0v) is 12.6. The molecular weight excluding hydrogens is 264 g/mol. The maximum atomic E-state index is 12.0. The molecule has 2 aromatic rings. The van der Waals surface area contributed by atoms with Crippen molar-refractivity contribution in [1.82, 2.24) is 10.2 Å². The number of likely N-dealkylation sites (N-methyl/N-ethyl adjacent to an activating group) is 1. The Morgan fingerprint density at radius 1 is 1.14 bits per heavy atom. The smallest absolute Gasteiger partial charge is 0.287 e. The first-order chi connectivity index (χ1) is 10.3. The Bertz CT molecular complexity index is 533. The van der Waals surface area contributed by atoms with Gasteiger partial charge in [0.25, 0.3) is 5.91 Å². The lowest BCUT2D eigenvalue weighted by molar-refractivity contribution is 0.0907. The van der Waals surface area contributed by atoms with Crippen molar-refractivity contribution < 1.29 is 9.21 Å². The molecule has 2 rings (SSSR count). The summed E-state index contributed by atoms with van der Waals surface area (Å²) in [6.45, 7) is 6.70. The number of amides is 1. The molecule has 0 bridgehead atoms. The van der Waals surface area contributed by atoms with Crippen molar-refractivity contribution >= 4 is 5.91 Å². The van der Waals surface area contributed by atoms with Crippen molar-refractivity contribution in [1.29, 1.82) is 0 Å². The van der Waals surface area contributed by atoms with Crippen LogP contribution in [0.25, 0.3) is 0 Å². The van der Waals surface area contributed by atoms with Crippen LogP contribution in [0.1, 0.15) is 36.0 Å². The number of hydrogen-bond donors (Lipinski definition) is 1. The van der Waals surface area contributed by atoms with Crippen LogP contribution in [0.2, 0.25) is 0 Å². The highest BCUT2D eigenvalue weighted by Gasteiger charge is 2.19. The van der Waals surface area contributed by atoms with Crippen molar-refractivity contribution in [3.8, 4) is 0 Å². The molecule has 4 nitrogen and oxygen atoms in total. The van der Waals surface area contributed by atoms with Crippen LogP contribution in [0.5, 0.6) is 0 Å². The highest BCUT2D eigenvalue weighted by atomic mass is 16.3. The number of benzene rings is 1. The van der Waals surface area contributed by atoms with Gasteiger partial charge in [-0.2, -0.15) is 0 Å². The summed E-state index contributed by atoms with van der Waals surface area (Å²) in [6.07, 6.45) is 1.51. The van der Waals surface area contributed by atoms with Gasteiger partial charge in [-0.05, 0) is 30.8 Å². The quantitative estimate of drug-likeness (QED) is 0.850. The van der Waals surface area contributed by atoms with E-state index in [1.807, 2.05) is 18.2 Å². The molecule has 0 spiro atoms. The summed E-state index contributed by atoms with van der Waals surface area (Å²) in [4.78, 5) is 14.3. The SMILES string of the molecule is CCN(CC)[C@H](CNC(=O)c1ccco1)c1ccccc1. The summed E-state index contributed by atoms with van der Waals surface area (Å²) in [5.41, 5.74) is 1.21. The highest BCUT2D eigenvalue weighted by Crippen LogP contribution is 2.19. The summed E-state index contributed by atoms with van der Waals surface area (Å²) in [5, 5.41) is 2.96. The van der Waals surface area contributed by atoms with Crippen molar-refractivity contribution in [2.24, 2.45) is 0 Å². The zero-order valence-electron chi connectivity index (χ0n) is 12.6. The predicted octanol–water partition coefficient (Wildman–Crippen LogP) is 3.09. The molecule has 1 amide bonds. The van der Waals surface area contributed by atoms with E-state index in [4.69, 9.17) is 4.42 Å². The number of carbonyl (C=O) groups is 1. The molecule has 112 valence electrons. The summed E-state index contributed by atoms with van der Waals surface area (Å²) in [6, 6.07) is 13.8. The normalized spacial score (nSPS) is 12.3. The number of nitrogens with zero attached hydrogens (tertiary/aromatic N) is 1. The highest BCUT2D eigenvalue weighted by molar-refractivity contribution is 5.91. The Hall–Kier alpha value is -2.07. The van der Waals surface area contributed by atoms with E-state index in [9.17, 15) is 4.79 Å². The molecule has 1 heterocycles. The van der Waals surface area contributed by atoms with Gasteiger partial charge >= 0.3 is 0 Å². The second-order valence-electron chi connectivity index (χ2n) is 4.84. The van der Waals surface area contributed by atoms with E-state index in [0.29, 0.717) is 12.3 Å². The van der Waals surface area contributed by atoms with Gasteiger partial charge in [0.05, 0.1) is 12.3 Å². The number of furan rings is 1. The Labute approximate surface area is 125 Å². The fourth-order valence-corrected chi connectivity index (χ4v) is 2.48. The van der Waals surface area contributed by atoms with Gasteiger partial charge in [0.1, 0.15) is 0 Å². The van der Waals surface area contributed by atoms with Crippen molar-refractivity contribution in [3.63, 3.8) is 0 Å². The van der Waals surface area contributed by atoms with Crippen LogP contribution in [0.3, 0.4) is 0 Å². The van der Waals surface area contributed by atoms with Crippen molar-refractivity contribution in [2.75, 3.05) is 19.6 Å². The standard InChI is InChI=1S/C17H22N2O2/c1-3-19(4-2)15(14-9-6-5-7-10-14)13-18-17(20)16-11-8-12-21-16/h5-12,15H,3-4,13H2,1-2H3,(H,18,20)/t15-/m1/s1. The van der Waals surface area contributed by atoms with Crippen LogP contribution in [0, 0.1) is 0 Å². The van der Waals surface area contributed by atoms with Crippen molar-refractivity contribution in [3.05, 3.63) is 60.1 Å². The Morgan fingerprint density at radius 3 is 2.43 bits per heavy atom. The van der Waals surface area contributed by atoms with Crippen LogP contribution >= 0.6 is 0 Å². The number of nitrogens with one attached hydrogen (secondary N) is 1. The van der Waals surface area contributed by atoms with E-state index in [0.717, 1.165) is 13.1 Å². The second-order valence-corrected chi connectivity index (χ2v) is 4.84. The fourth-order valence-electron chi connectivity index (χ4n) is 2.48. The molecule has 0 unspecified atom stereocenters. The average molecular weight is 286 g/mol. The molecule has 1 aromatic heterocycles. The van der Waals surface area contributed by atoms with E-state index in [1.165, 1.54) is 11.8 Å². The summed E-state index contributed by atoms with van der Waals surface area (Å²) in [5.74, 6) is 0.175. The van der Waals surface area contributed by atoms with E-state index in [2.05, 4.69) is 36.2 Å². The molecule has 0 saturated heterocycles. The third-order valence-electron chi connectivity index (χ3n) is 3.64. The first-order valence-corrected chi connectivity index (χ1v) is 7.37. The lowest BCUT2D eigenvalue weighted by Crippen LogP contribution is -2.38. The number of rotatable bonds is 7. The number of hydrogen-bond acceptors (Lipinski definition) is 3. The van der Waals surface area contributed by atoms with E-state index >= 15 is 0 Å². The largest absolute Gasteiger partial charge is 0.459 e. The minimum absolute atomic E-state index is 0.167. The predicted molar refractivity (Wildman–Crippen MR) is 83.1 cm³/mol. The topological polar surface area (TPSA) is 45.5 Å². The Morgan fingerprint density at radius 2 is 1.86 bits per heavy atom. The van der Waals surface area contributed by atoms with Gasteiger partial charge in [0, 0.05) is 6.54 Å². The lowest BCUT2D eigenvalue weighted by Gasteiger charge is -2.30. The minimum Gasteiger partial charge on any atom is -0.459 e. The molecular formula is C17H22N2O2. The van der Waals surface area contributed by atoms with Crippen LogP contribution < -0.4 is 5.32 Å². The third kappa shape index (κ3) is 3.95. The third-order valence-corrected chi connectivity index (χ3v) is 3.64. The minimum atomic E-state index is -0.173. The van der Waals surface area contributed by atoms with Crippen LogP contribution in [0.4, 0.5) is 0 Å². The van der Waals surface area contributed by atoms with Crippen LogP contribution in [-0.4, -0.2) is 30.4 Å². The molecule has 0 aliphatic rings. The van der Waals surface area contributed by atoms with Gasteiger partial charge in [0.2, 0.25) is 0 Å². The van der Waals surface area contributed by atoms with Gasteiger partial charge < -0.3 is 9.73 Å². The molecule has 0 fully saturated rings. The summed E-state index contributed by atoms with van der Waals surface area (Å²) >= 11 is 0. The Kier molecular flexibility index (Phi) is 5.58. The summed E-state index contributed by atoms with van der Waals surface area (Å²) in [7, 11) is 0. The maximum absolute atomic E-state index is 12.0. The second kappa shape index (κ2) is 7.64. The lowest BCUT2D eigenvalue weighted by atomic mass is 10.1. The zero-order chi connectivity index (χ0) is 15.1. The van der Waals surface area contributed by atoms with Gasteiger partial charge in [0.15, 0.2) is 5.76 Å². The number of carbonyl (C=O) groups excluding carboxylic acids is 1. The van der Waals surface area contributed by atoms with E-state index in [1.54, 1.807) is 12.1 Å². The van der Waals surface area contributed by atoms with Crippen molar-refractivity contribution in [2.45, 2.75) is 19.9 Å². The molecule has 0 aliphatic carbocycles. The Balaban J connectivity index is 2.08.